The predicted molar refractivity (Wildman–Crippen MR) is 34.0 cm³/mol. The summed E-state index contributed by atoms with van der Waals surface area (Å²) in [5.74, 6) is -9.73. The molecule has 88 valence electrons. The molecule has 4 nitrogen and oxygen atoms in total. The summed E-state index contributed by atoms with van der Waals surface area (Å²) in [6.07, 6.45) is -6.06. The number of hydrogen-bond donors (Lipinski definition) is 0. The van der Waals surface area contributed by atoms with E-state index in [-0.39, 0.29) is 0 Å². The van der Waals surface area contributed by atoms with Gasteiger partial charge in [-0.15, -0.1) is 0 Å². The van der Waals surface area contributed by atoms with Crippen molar-refractivity contribution < 1.29 is 41.0 Å². The van der Waals surface area contributed by atoms with Crippen molar-refractivity contribution in [1.29, 1.82) is 0 Å². The van der Waals surface area contributed by atoms with Gasteiger partial charge in [-0.3, -0.25) is 0 Å². The van der Waals surface area contributed by atoms with E-state index >= 15 is 0 Å². The predicted octanol–water partition coefficient (Wildman–Crippen LogP) is 0.900. The van der Waals surface area contributed by atoms with Crippen LogP contribution in [0.25, 0.3) is 0 Å². The van der Waals surface area contributed by atoms with Crippen molar-refractivity contribution in [2.45, 2.75) is 12.1 Å². The minimum Gasteiger partial charge on any atom is -0.466 e. The molecule has 9 heteroatoms. The van der Waals surface area contributed by atoms with E-state index in [9.17, 15) is 31.5 Å². The van der Waals surface area contributed by atoms with Crippen molar-refractivity contribution in [2.24, 2.45) is 0 Å². The van der Waals surface area contributed by atoms with Gasteiger partial charge in [0.25, 0.3) is 0 Å². The molecular formula is C6H5F5O4. The van der Waals surface area contributed by atoms with E-state index in [1.807, 2.05) is 0 Å². The van der Waals surface area contributed by atoms with Crippen molar-refractivity contribution in [3.05, 3.63) is 0 Å². The van der Waals surface area contributed by atoms with Gasteiger partial charge in [0.15, 0.2) is 6.61 Å². The molecule has 0 radical (unpaired) electrons. The molecule has 0 aliphatic heterocycles. The number of halogens is 5. The summed E-state index contributed by atoms with van der Waals surface area (Å²) < 4.78 is 66.1. The normalized spacial score (nSPS) is 12.1. The van der Waals surface area contributed by atoms with Crippen LogP contribution in [-0.2, 0) is 19.1 Å². The Labute approximate surface area is 79.9 Å². The second kappa shape index (κ2) is 4.41. The number of carbonyl (C=O) groups is 2. The molecule has 0 heterocycles. The van der Waals surface area contributed by atoms with E-state index in [4.69, 9.17) is 0 Å². The van der Waals surface area contributed by atoms with E-state index < -0.39 is 30.6 Å². The van der Waals surface area contributed by atoms with Crippen LogP contribution in [0.15, 0.2) is 0 Å². The van der Waals surface area contributed by atoms with Crippen LogP contribution in [0.1, 0.15) is 0 Å². The van der Waals surface area contributed by atoms with Gasteiger partial charge in [0.2, 0.25) is 0 Å². The molecule has 0 saturated carbocycles. The molecule has 0 spiro atoms. The fourth-order valence-electron chi connectivity index (χ4n) is 0.390. The van der Waals surface area contributed by atoms with Crippen molar-refractivity contribution in [3.63, 3.8) is 0 Å². The fourth-order valence-corrected chi connectivity index (χ4v) is 0.390. The number of rotatable bonds is 3. The molecule has 0 bridgehead atoms. The summed E-state index contributed by atoms with van der Waals surface area (Å²) in [5.41, 5.74) is 0. The van der Waals surface area contributed by atoms with Gasteiger partial charge in [0.05, 0.1) is 7.11 Å². The van der Waals surface area contributed by atoms with E-state index in [0.29, 0.717) is 0 Å². The number of ether oxygens (including phenoxy) is 2. The number of hydrogen-bond acceptors (Lipinski definition) is 4. The molecule has 0 saturated heterocycles. The Bertz CT molecular complexity index is 259. The van der Waals surface area contributed by atoms with Crippen molar-refractivity contribution in [3.8, 4) is 0 Å². The Kier molecular flexibility index (Phi) is 3.99. The van der Waals surface area contributed by atoms with E-state index in [2.05, 4.69) is 9.47 Å². The standard InChI is InChI=1S/C6H5F5O4/c1-14-3(12)2-15-4(13)5(7,8)6(9,10)11/h2H2,1H3. The molecule has 0 aliphatic carbocycles. The van der Waals surface area contributed by atoms with Gasteiger partial charge in [-0.2, -0.15) is 22.0 Å². The maximum Gasteiger partial charge on any atom is 0.465 e. The van der Waals surface area contributed by atoms with Crippen LogP contribution in [0.2, 0.25) is 0 Å². The Morgan fingerprint density at radius 1 is 1.13 bits per heavy atom. The Morgan fingerprint density at radius 2 is 1.60 bits per heavy atom. The van der Waals surface area contributed by atoms with Crippen LogP contribution in [0.5, 0.6) is 0 Å². The quantitative estimate of drug-likeness (QED) is 0.539. The zero-order valence-electron chi connectivity index (χ0n) is 7.23. The molecular weight excluding hydrogens is 231 g/mol. The van der Waals surface area contributed by atoms with E-state index in [1.165, 1.54) is 0 Å². The van der Waals surface area contributed by atoms with Crippen molar-refractivity contribution in [1.82, 2.24) is 0 Å². The summed E-state index contributed by atoms with van der Waals surface area (Å²) in [7, 11) is 0.845. The molecule has 0 aromatic carbocycles. The van der Waals surface area contributed by atoms with Gasteiger partial charge in [-0.05, 0) is 0 Å². The molecule has 0 rings (SSSR count). The third kappa shape index (κ3) is 3.33. The van der Waals surface area contributed by atoms with Crippen LogP contribution in [-0.4, -0.2) is 37.8 Å². The number of methoxy groups -OCH3 is 1. The first-order valence-corrected chi connectivity index (χ1v) is 3.31. The highest BCUT2D eigenvalue weighted by Gasteiger charge is 2.65. The molecule has 0 unspecified atom stereocenters. The molecule has 0 aliphatic rings. The van der Waals surface area contributed by atoms with Gasteiger partial charge in [0.1, 0.15) is 0 Å². The van der Waals surface area contributed by atoms with Crippen molar-refractivity contribution >= 4 is 11.9 Å². The number of esters is 2. The van der Waals surface area contributed by atoms with Gasteiger partial charge < -0.3 is 9.47 Å². The van der Waals surface area contributed by atoms with Gasteiger partial charge >= 0.3 is 24.0 Å². The smallest absolute Gasteiger partial charge is 0.465 e. The number of alkyl halides is 5. The minimum atomic E-state index is -6.06. The topological polar surface area (TPSA) is 52.6 Å². The molecule has 0 amide bonds. The first kappa shape index (κ1) is 13.6. The van der Waals surface area contributed by atoms with Crippen molar-refractivity contribution in [2.75, 3.05) is 13.7 Å². The zero-order valence-corrected chi connectivity index (χ0v) is 7.23. The molecule has 0 aromatic rings. The molecule has 0 aromatic heterocycles. The summed E-state index contributed by atoms with van der Waals surface area (Å²) in [6.45, 7) is -1.30. The fraction of sp³-hybridized carbons (Fsp3) is 0.667. The lowest BCUT2D eigenvalue weighted by Crippen LogP contribution is -2.45. The maximum absolute atomic E-state index is 12.1. The van der Waals surface area contributed by atoms with Gasteiger partial charge in [0, 0.05) is 0 Å². The zero-order chi connectivity index (χ0) is 12.3. The highest BCUT2D eigenvalue weighted by molar-refractivity contribution is 5.81. The lowest BCUT2D eigenvalue weighted by molar-refractivity contribution is -0.280. The van der Waals surface area contributed by atoms with Crippen LogP contribution in [0.4, 0.5) is 22.0 Å². The maximum atomic E-state index is 12.1. The third-order valence-corrected chi connectivity index (χ3v) is 1.16. The summed E-state index contributed by atoms with van der Waals surface area (Å²) in [5, 5.41) is 0. The summed E-state index contributed by atoms with van der Waals surface area (Å²) >= 11 is 0. The molecule has 0 atom stereocenters. The Hall–Kier alpha value is -1.41. The summed E-state index contributed by atoms with van der Waals surface area (Å²) in [4.78, 5) is 20.5. The first-order valence-electron chi connectivity index (χ1n) is 3.31. The Morgan fingerprint density at radius 3 is 1.93 bits per heavy atom. The van der Waals surface area contributed by atoms with E-state index in [1.54, 1.807) is 0 Å². The first-order chi connectivity index (χ1) is 6.63. The average molecular weight is 236 g/mol. The highest BCUT2D eigenvalue weighted by Crippen LogP contribution is 2.36. The van der Waals surface area contributed by atoms with Crippen LogP contribution < -0.4 is 0 Å². The second-order valence-corrected chi connectivity index (χ2v) is 2.22. The lowest BCUT2D eigenvalue weighted by Gasteiger charge is -2.17. The van der Waals surface area contributed by atoms with Gasteiger partial charge in [-0.1, -0.05) is 0 Å². The number of carbonyl (C=O) groups excluding carboxylic acids is 2. The highest BCUT2D eigenvalue weighted by atomic mass is 19.4. The largest absolute Gasteiger partial charge is 0.466 e. The molecule has 0 N–H and O–H groups in total. The molecule has 15 heavy (non-hydrogen) atoms. The Balaban J connectivity index is 4.40. The second-order valence-electron chi connectivity index (χ2n) is 2.22. The minimum absolute atomic E-state index is 0.845. The van der Waals surface area contributed by atoms with Crippen LogP contribution in [0.3, 0.4) is 0 Å². The van der Waals surface area contributed by atoms with Gasteiger partial charge in [-0.25, -0.2) is 9.59 Å². The van der Waals surface area contributed by atoms with Crippen LogP contribution >= 0.6 is 0 Å². The summed E-state index contributed by atoms with van der Waals surface area (Å²) in [6, 6.07) is 0. The average Bonchev–Trinajstić information content (AvgIpc) is 2.11. The lowest BCUT2D eigenvalue weighted by atomic mass is 10.3. The third-order valence-electron chi connectivity index (χ3n) is 1.16. The monoisotopic (exact) mass is 236 g/mol. The van der Waals surface area contributed by atoms with E-state index in [0.717, 1.165) is 7.11 Å². The van der Waals surface area contributed by atoms with Crippen LogP contribution in [0, 0.1) is 0 Å². The SMILES string of the molecule is COC(=O)COC(=O)C(F)(F)C(F)(F)F. The molecule has 0 fully saturated rings.